The average Bonchev–Trinajstić information content (AvgIpc) is 2.41. The van der Waals surface area contributed by atoms with Gasteiger partial charge in [0.25, 0.3) is 0 Å². The molecule has 0 aromatic carbocycles. The van der Waals surface area contributed by atoms with E-state index in [1.807, 2.05) is 12.1 Å². The normalized spacial score (nSPS) is 23.7. The number of piperidine rings is 1. The molecule has 2 rings (SSSR count). The molecule has 1 fully saturated rings. The van der Waals surface area contributed by atoms with Crippen molar-refractivity contribution in [2.45, 2.75) is 46.2 Å². The van der Waals surface area contributed by atoms with Crippen LogP contribution in [0.2, 0.25) is 5.02 Å². The molecule has 2 heterocycles. The highest BCUT2D eigenvalue weighted by atomic mass is 35.5. The summed E-state index contributed by atoms with van der Waals surface area (Å²) in [7, 11) is 0. The van der Waals surface area contributed by atoms with Crippen molar-refractivity contribution in [1.82, 2.24) is 10.3 Å². The predicted octanol–water partition coefficient (Wildman–Crippen LogP) is 3.47. The molecule has 1 aliphatic rings. The molecule has 0 spiro atoms. The molecule has 1 aromatic heterocycles. The number of aromatic nitrogens is 1. The molecule has 2 unspecified atom stereocenters. The lowest BCUT2D eigenvalue weighted by Crippen LogP contribution is -2.41. The van der Waals surface area contributed by atoms with Crippen molar-refractivity contribution in [1.29, 1.82) is 0 Å². The first-order valence-electron chi connectivity index (χ1n) is 7.24. The fraction of sp³-hybridized carbons (Fsp3) is 0.667. The van der Waals surface area contributed by atoms with Crippen LogP contribution in [0.1, 0.15) is 39.3 Å². The van der Waals surface area contributed by atoms with Crippen molar-refractivity contribution >= 4 is 17.4 Å². The van der Waals surface area contributed by atoms with Gasteiger partial charge in [-0.1, -0.05) is 25.4 Å². The lowest BCUT2D eigenvalue weighted by molar-refractivity contribution is 0.388. The van der Waals surface area contributed by atoms with Gasteiger partial charge in [-0.15, -0.1) is 0 Å². The molecular weight excluding hydrogens is 258 g/mol. The van der Waals surface area contributed by atoms with Crippen molar-refractivity contribution in [3.8, 4) is 0 Å². The summed E-state index contributed by atoms with van der Waals surface area (Å²) >= 11 is 6.21. The van der Waals surface area contributed by atoms with Gasteiger partial charge in [0, 0.05) is 19.1 Å². The van der Waals surface area contributed by atoms with E-state index < -0.39 is 0 Å². The Morgan fingerprint density at radius 3 is 2.89 bits per heavy atom. The zero-order chi connectivity index (χ0) is 13.8. The van der Waals surface area contributed by atoms with Gasteiger partial charge in [-0.2, -0.15) is 0 Å². The molecule has 2 atom stereocenters. The van der Waals surface area contributed by atoms with E-state index in [1.165, 1.54) is 12.8 Å². The van der Waals surface area contributed by atoms with Crippen LogP contribution in [-0.4, -0.2) is 24.1 Å². The van der Waals surface area contributed by atoms with Crippen molar-refractivity contribution < 1.29 is 0 Å². The van der Waals surface area contributed by atoms with Crippen molar-refractivity contribution in [2.75, 3.05) is 18.0 Å². The topological polar surface area (TPSA) is 28.2 Å². The molecule has 0 aliphatic carbocycles. The van der Waals surface area contributed by atoms with Gasteiger partial charge in [0.2, 0.25) is 0 Å². The molecule has 1 N–H and O–H groups in total. The van der Waals surface area contributed by atoms with Crippen molar-refractivity contribution in [2.24, 2.45) is 5.92 Å². The zero-order valence-corrected chi connectivity index (χ0v) is 12.9. The fourth-order valence-electron chi connectivity index (χ4n) is 2.61. The van der Waals surface area contributed by atoms with E-state index in [-0.39, 0.29) is 0 Å². The van der Waals surface area contributed by atoms with Crippen LogP contribution >= 0.6 is 11.6 Å². The van der Waals surface area contributed by atoms with Gasteiger partial charge in [0.1, 0.15) is 5.82 Å². The number of hydrogen-bond acceptors (Lipinski definition) is 3. The third-order valence-electron chi connectivity index (χ3n) is 3.86. The SMILES string of the molecule is CCNCc1nc(N2CC(C)CCC2C)ccc1Cl. The highest BCUT2D eigenvalue weighted by Gasteiger charge is 2.24. The second-order valence-electron chi connectivity index (χ2n) is 5.56. The van der Waals surface area contributed by atoms with Crippen LogP contribution in [0.25, 0.3) is 0 Å². The van der Waals surface area contributed by atoms with Crippen LogP contribution in [0.4, 0.5) is 5.82 Å². The molecule has 0 saturated carbocycles. The van der Waals surface area contributed by atoms with Crippen LogP contribution < -0.4 is 10.2 Å². The van der Waals surface area contributed by atoms with Crippen LogP contribution in [0.5, 0.6) is 0 Å². The maximum absolute atomic E-state index is 6.21. The monoisotopic (exact) mass is 281 g/mol. The first kappa shape index (κ1) is 14.6. The standard InChI is InChI=1S/C15H24ClN3/c1-4-17-9-14-13(16)7-8-15(18-14)19-10-11(2)5-6-12(19)3/h7-8,11-12,17H,4-6,9-10H2,1-3H3. The largest absolute Gasteiger partial charge is 0.354 e. The molecule has 0 amide bonds. The molecular formula is C15H24ClN3. The maximum atomic E-state index is 6.21. The van der Waals surface area contributed by atoms with Crippen molar-refractivity contribution in [3.63, 3.8) is 0 Å². The summed E-state index contributed by atoms with van der Waals surface area (Å²) in [6.45, 7) is 9.45. The average molecular weight is 282 g/mol. The van der Waals surface area contributed by atoms with E-state index >= 15 is 0 Å². The highest BCUT2D eigenvalue weighted by molar-refractivity contribution is 6.31. The van der Waals surface area contributed by atoms with Gasteiger partial charge in [0.15, 0.2) is 0 Å². The second kappa shape index (κ2) is 6.58. The summed E-state index contributed by atoms with van der Waals surface area (Å²) in [6, 6.07) is 4.59. The van der Waals surface area contributed by atoms with Gasteiger partial charge < -0.3 is 10.2 Å². The first-order valence-corrected chi connectivity index (χ1v) is 7.62. The Balaban J connectivity index is 2.19. The summed E-state index contributed by atoms with van der Waals surface area (Å²) in [4.78, 5) is 7.17. The number of pyridine rings is 1. The Labute approximate surface area is 121 Å². The summed E-state index contributed by atoms with van der Waals surface area (Å²) in [6.07, 6.45) is 2.56. The molecule has 1 aromatic rings. The Morgan fingerprint density at radius 1 is 1.37 bits per heavy atom. The number of nitrogens with one attached hydrogen (secondary N) is 1. The molecule has 19 heavy (non-hydrogen) atoms. The molecule has 0 radical (unpaired) electrons. The first-order chi connectivity index (χ1) is 9.11. The summed E-state index contributed by atoms with van der Waals surface area (Å²) in [5.41, 5.74) is 0.950. The number of rotatable bonds is 4. The van der Waals surface area contributed by atoms with E-state index in [2.05, 4.69) is 31.0 Å². The van der Waals surface area contributed by atoms with Gasteiger partial charge in [-0.3, -0.25) is 0 Å². The van der Waals surface area contributed by atoms with Crippen LogP contribution in [0, 0.1) is 5.92 Å². The Kier molecular flexibility index (Phi) is 5.06. The van der Waals surface area contributed by atoms with Gasteiger partial charge >= 0.3 is 0 Å². The maximum Gasteiger partial charge on any atom is 0.129 e. The molecule has 1 saturated heterocycles. The second-order valence-corrected chi connectivity index (χ2v) is 5.97. The van der Waals surface area contributed by atoms with Gasteiger partial charge in [-0.25, -0.2) is 4.98 Å². The Bertz CT molecular complexity index is 422. The highest BCUT2D eigenvalue weighted by Crippen LogP contribution is 2.27. The van der Waals surface area contributed by atoms with E-state index in [9.17, 15) is 0 Å². The van der Waals surface area contributed by atoms with E-state index in [0.717, 1.165) is 42.1 Å². The number of hydrogen-bond donors (Lipinski definition) is 1. The van der Waals surface area contributed by atoms with Crippen molar-refractivity contribution in [3.05, 3.63) is 22.8 Å². The fourth-order valence-corrected chi connectivity index (χ4v) is 2.78. The molecule has 1 aliphatic heterocycles. The number of anilines is 1. The third kappa shape index (κ3) is 3.61. The molecule has 0 bridgehead atoms. The minimum Gasteiger partial charge on any atom is -0.354 e. The minimum absolute atomic E-state index is 0.567. The van der Waals surface area contributed by atoms with E-state index in [1.54, 1.807) is 0 Å². The van der Waals surface area contributed by atoms with Gasteiger partial charge in [-0.05, 0) is 44.4 Å². The summed E-state index contributed by atoms with van der Waals surface area (Å²) in [5.74, 6) is 1.81. The molecule has 3 nitrogen and oxygen atoms in total. The van der Waals surface area contributed by atoms with E-state index in [0.29, 0.717) is 6.04 Å². The lowest BCUT2D eigenvalue weighted by Gasteiger charge is -2.38. The van der Waals surface area contributed by atoms with Crippen LogP contribution in [0.15, 0.2) is 12.1 Å². The lowest BCUT2D eigenvalue weighted by atomic mass is 9.95. The smallest absolute Gasteiger partial charge is 0.129 e. The van der Waals surface area contributed by atoms with E-state index in [4.69, 9.17) is 16.6 Å². The summed E-state index contributed by atoms with van der Waals surface area (Å²) in [5, 5.41) is 4.04. The van der Waals surface area contributed by atoms with Gasteiger partial charge in [0.05, 0.1) is 10.7 Å². The quantitative estimate of drug-likeness (QED) is 0.916. The molecule has 4 heteroatoms. The minimum atomic E-state index is 0.567. The Hall–Kier alpha value is -0.800. The zero-order valence-electron chi connectivity index (χ0n) is 12.1. The number of halogens is 1. The third-order valence-corrected chi connectivity index (χ3v) is 4.20. The van der Waals surface area contributed by atoms with Crippen LogP contribution in [-0.2, 0) is 6.54 Å². The summed E-state index contributed by atoms with van der Waals surface area (Å²) < 4.78 is 0. The number of nitrogens with zero attached hydrogens (tertiary/aromatic N) is 2. The predicted molar refractivity (Wildman–Crippen MR) is 81.8 cm³/mol. The van der Waals surface area contributed by atoms with Crippen LogP contribution in [0.3, 0.4) is 0 Å². The Morgan fingerprint density at radius 2 is 2.16 bits per heavy atom. The molecule has 106 valence electrons.